The lowest BCUT2D eigenvalue weighted by Crippen LogP contribution is -2.39. The summed E-state index contributed by atoms with van der Waals surface area (Å²) in [5.74, 6) is -2.36. The molecule has 1 aliphatic heterocycles. The van der Waals surface area contributed by atoms with Gasteiger partial charge in [0.25, 0.3) is 0 Å². The van der Waals surface area contributed by atoms with Crippen LogP contribution in [0.1, 0.15) is 24.1 Å². The summed E-state index contributed by atoms with van der Waals surface area (Å²) in [4.78, 5) is 6.53. The summed E-state index contributed by atoms with van der Waals surface area (Å²) in [6.07, 6.45) is 1.17. The maximum absolute atomic E-state index is 13.4. The van der Waals surface area contributed by atoms with Crippen molar-refractivity contribution in [3.05, 3.63) is 75.5 Å². The molecular weight excluding hydrogens is 469 g/mol. The van der Waals surface area contributed by atoms with Gasteiger partial charge >= 0.3 is 0 Å². The lowest BCUT2D eigenvalue weighted by molar-refractivity contribution is 0.507. The van der Waals surface area contributed by atoms with Crippen LogP contribution in [0.4, 0.5) is 18.3 Å². The Morgan fingerprint density at radius 3 is 2.48 bits per heavy atom. The second kappa shape index (κ2) is 8.80. The van der Waals surface area contributed by atoms with Crippen molar-refractivity contribution in [1.82, 2.24) is 4.98 Å². The number of piperidine rings is 1. The number of hydrogen-bond donors (Lipinski definition) is 0. The predicted molar refractivity (Wildman–Crippen MR) is 115 cm³/mol. The maximum atomic E-state index is 13.4. The summed E-state index contributed by atoms with van der Waals surface area (Å²) in [6.45, 7) is 1.00. The zero-order valence-electron chi connectivity index (χ0n) is 16.2. The smallest absolute Gasteiger partial charge is 0.185 e. The molecule has 2 aromatic carbocycles. The van der Waals surface area contributed by atoms with E-state index in [1.807, 2.05) is 10.3 Å². The molecule has 3 aromatic rings. The van der Waals surface area contributed by atoms with Gasteiger partial charge in [0, 0.05) is 24.9 Å². The van der Waals surface area contributed by atoms with Crippen LogP contribution in [0, 0.1) is 17.5 Å². The van der Waals surface area contributed by atoms with Gasteiger partial charge in [0.2, 0.25) is 0 Å². The van der Waals surface area contributed by atoms with E-state index >= 15 is 0 Å². The van der Waals surface area contributed by atoms with Gasteiger partial charge in [0.15, 0.2) is 26.6 Å². The number of rotatable bonds is 5. The highest BCUT2D eigenvalue weighted by Gasteiger charge is 2.33. The molecule has 0 aliphatic carbocycles. The summed E-state index contributed by atoms with van der Waals surface area (Å²) in [7, 11) is -3.67. The third-order valence-electron chi connectivity index (χ3n) is 5.26. The van der Waals surface area contributed by atoms with Crippen LogP contribution in [-0.4, -0.2) is 31.7 Å². The molecular formula is C21H18ClF3N2O2S2. The quantitative estimate of drug-likeness (QED) is 0.462. The molecule has 10 heteroatoms. The second-order valence-corrected chi connectivity index (χ2v) is 10.8. The van der Waals surface area contributed by atoms with E-state index in [1.165, 1.54) is 23.5 Å². The first-order valence-electron chi connectivity index (χ1n) is 9.56. The lowest BCUT2D eigenvalue weighted by Gasteiger charge is -2.31. The monoisotopic (exact) mass is 486 g/mol. The fraction of sp³-hybridized carbons (Fsp3) is 0.286. The molecule has 1 aromatic heterocycles. The van der Waals surface area contributed by atoms with Gasteiger partial charge in [-0.2, -0.15) is 0 Å². The number of hydrogen-bond acceptors (Lipinski definition) is 5. The molecule has 0 N–H and O–H groups in total. The van der Waals surface area contributed by atoms with E-state index in [-0.39, 0.29) is 9.92 Å². The molecule has 4 nitrogen and oxygen atoms in total. The van der Waals surface area contributed by atoms with Gasteiger partial charge in [0.1, 0.15) is 5.82 Å². The summed E-state index contributed by atoms with van der Waals surface area (Å²) < 4.78 is 65.6. The van der Waals surface area contributed by atoms with Crippen molar-refractivity contribution in [2.24, 2.45) is 0 Å². The predicted octanol–water partition coefficient (Wildman–Crippen LogP) is 5.25. The third-order valence-corrected chi connectivity index (χ3v) is 8.95. The van der Waals surface area contributed by atoms with Gasteiger partial charge < -0.3 is 4.90 Å². The van der Waals surface area contributed by atoms with Gasteiger partial charge in [-0.05, 0) is 48.7 Å². The van der Waals surface area contributed by atoms with Crippen molar-refractivity contribution >= 4 is 37.9 Å². The molecule has 1 aliphatic rings. The molecule has 4 rings (SSSR count). The van der Waals surface area contributed by atoms with E-state index < -0.39 is 32.5 Å². The summed E-state index contributed by atoms with van der Waals surface area (Å²) in [5, 5.41) is 1.91. The second-order valence-electron chi connectivity index (χ2n) is 7.35. The van der Waals surface area contributed by atoms with Crippen molar-refractivity contribution in [2.45, 2.75) is 29.4 Å². The fourth-order valence-corrected chi connectivity index (χ4v) is 6.77. The van der Waals surface area contributed by atoms with E-state index in [4.69, 9.17) is 11.6 Å². The first kappa shape index (κ1) is 22.1. The average molecular weight is 487 g/mol. The van der Waals surface area contributed by atoms with Crippen molar-refractivity contribution in [3.8, 4) is 0 Å². The Balaban J connectivity index is 1.41. The summed E-state index contributed by atoms with van der Waals surface area (Å²) >= 11 is 7.39. The Hall–Kier alpha value is -2.10. The van der Waals surface area contributed by atoms with Crippen molar-refractivity contribution in [1.29, 1.82) is 0 Å². The standard InChI is InChI=1S/C21H18ClF3N2O2S2/c22-17-11-14(23)2-4-20(17)31(28,29)16-5-7-27(8-6-16)21-26-15(12-30-21)9-13-1-3-18(24)19(25)10-13/h1-4,10-12,16H,5-9H2. The normalized spacial score (nSPS) is 15.4. The number of anilines is 1. The van der Waals surface area contributed by atoms with Gasteiger partial charge in [0.05, 0.1) is 20.9 Å². The van der Waals surface area contributed by atoms with E-state index in [1.54, 1.807) is 0 Å². The van der Waals surface area contributed by atoms with Gasteiger partial charge in [-0.25, -0.2) is 26.6 Å². The van der Waals surface area contributed by atoms with Gasteiger partial charge in [-0.15, -0.1) is 11.3 Å². The highest BCUT2D eigenvalue weighted by molar-refractivity contribution is 7.92. The maximum Gasteiger partial charge on any atom is 0.185 e. The topological polar surface area (TPSA) is 50.3 Å². The Bertz CT molecular complexity index is 1210. The van der Waals surface area contributed by atoms with E-state index in [0.29, 0.717) is 37.9 Å². The molecule has 1 fully saturated rings. The molecule has 0 bridgehead atoms. The molecule has 0 spiro atoms. The number of benzene rings is 2. The van der Waals surface area contributed by atoms with Crippen LogP contribution in [0.15, 0.2) is 46.7 Å². The van der Waals surface area contributed by atoms with Crippen LogP contribution in [0.25, 0.3) is 0 Å². The Morgan fingerprint density at radius 2 is 1.81 bits per heavy atom. The molecule has 164 valence electrons. The molecule has 31 heavy (non-hydrogen) atoms. The Morgan fingerprint density at radius 1 is 1.06 bits per heavy atom. The minimum absolute atomic E-state index is 0.0444. The Kier molecular flexibility index (Phi) is 6.27. The first-order chi connectivity index (χ1) is 14.7. The van der Waals surface area contributed by atoms with E-state index in [0.717, 1.165) is 35.1 Å². The average Bonchev–Trinajstić information content (AvgIpc) is 3.19. The molecule has 0 atom stereocenters. The zero-order chi connectivity index (χ0) is 22.2. The molecule has 0 amide bonds. The molecule has 1 saturated heterocycles. The minimum Gasteiger partial charge on any atom is -0.348 e. The zero-order valence-corrected chi connectivity index (χ0v) is 18.6. The number of nitrogens with zero attached hydrogens (tertiary/aromatic N) is 2. The number of thiazole rings is 1. The molecule has 0 saturated carbocycles. The van der Waals surface area contributed by atoms with Crippen molar-refractivity contribution in [2.75, 3.05) is 18.0 Å². The van der Waals surface area contributed by atoms with Crippen LogP contribution < -0.4 is 4.90 Å². The molecule has 2 heterocycles. The van der Waals surface area contributed by atoms with Crippen LogP contribution >= 0.6 is 22.9 Å². The Labute approximate surface area is 187 Å². The fourth-order valence-electron chi connectivity index (χ4n) is 3.62. The van der Waals surface area contributed by atoms with Crippen LogP contribution in [-0.2, 0) is 16.3 Å². The SMILES string of the molecule is O=S(=O)(c1ccc(F)cc1Cl)C1CCN(c2nc(Cc3ccc(F)c(F)c3)cs2)CC1. The van der Waals surface area contributed by atoms with Gasteiger partial charge in [-0.1, -0.05) is 17.7 Å². The third kappa shape index (κ3) is 4.73. The van der Waals surface area contributed by atoms with Gasteiger partial charge in [-0.3, -0.25) is 0 Å². The number of halogens is 4. The molecule has 0 unspecified atom stereocenters. The largest absolute Gasteiger partial charge is 0.348 e. The van der Waals surface area contributed by atoms with Crippen molar-refractivity contribution < 1.29 is 21.6 Å². The van der Waals surface area contributed by atoms with E-state index in [2.05, 4.69) is 4.98 Å². The number of aromatic nitrogens is 1. The lowest BCUT2D eigenvalue weighted by atomic mass is 10.1. The van der Waals surface area contributed by atoms with Crippen LogP contribution in [0.3, 0.4) is 0 Å². The van der Waals surface area contributed by atoms with E-state index in [9.17, 15) is 21.6 Å². The highest BCUT2D eigenvalue weighted by Crippen LogP contribution is 2.32. The van der Waals surface area contributed by atoms with Crippen LogP contribution in [0.5, 0.6) is 0 Å². The first-order valence-corrected chi connectivity index (χ1v) is 12.4. The highest BCUT2D eigenvalue weighted by atomic mass is 35.5. The van der Waals surface area contributed by atoms with Crippen LogP contribution in [0.2, 0.25) is 5.02 Å². The number of sulfone groups is 1. The minimum atomic E-state index is -3.67. The van der Waals surface area contributed by atoms with Crippen molar-refractivity contribution in [3.63, 3.8) is 0 Å². The summed E-state index contributed by atoms with van der Waals surface area (Å²) in [6, 6.07) is 7.09. The molecule has 0 radical (unpaired) electrons. The summed E-state index contributed by atoms with van der Waals surface area (Å²) in [5.41, 5.74) is 1.36.